The lowest BCUT2D eigenvalue weighted by atomic mass is 9.89. The third kappa shape index (κ3) is 15.0. The molecule has 2 nitrogen and oxygen atoms in total. The lowest BCUT2D eigenvalue weighted by molar-refractivity contribution is -0.105. The second-order valence-corrected chi connectivity index (χ2v) is 8.87. The van der Waals surface area contributed by atoms with E-state index in [0.717, 1.165) is 19.0 Å². The summed E-state index contributed by atoms with van der Waals surface area (Å²) in [5, 5.41) is 11.6. The van der Waals surface area contributed by atoms with Gasteiger partial charge < -0.3 is 5.21 Å². The maximum absolute atomic E-state index is 10.0. The summed E-state index contributed by atoms with van der Waals surface area (Å²) in [6, 6.07) is 0. The van der Waals surface area contributed by atoms with E-state index in [-0.39, 0.29) is 0 Å². The van der Waals surface area contributed by atoms with Crippen LogP contribution < -0.4 is 0 Å². The Hall–Kier alpha value is -0.0800. The molecule has 0 aromatic rings. The molecule has 0 bridgehead atoms. The van der Waals surface area contributed by atoms with Crippen LogP contribution in [0.1, 0.15) is 135 Å². The normalized spacial score (nSPS) is 15.8. The summed E-state index contributed by atoms with van der Waals surface area (Å²) in [7, 11) is 0. The summed E-state index contributed by atoms with van der Waals surface area (Å²) in [6.07, 6.45) is 27.8. The topological polar surface area (TPSA) is 23.5 Å². The molecule has 0 atom stereocenters. The van der Waals surface area contributed by atoms with Crippen molar-refractivity contribution in [3.05, 3.63) is 0 Å². The van der Waals surface area contributed by atoms with E-state index in [4.69, 9.17) is 0 Å². The number of hydrogen-bond donors (Lipinski definition) is 1. The van der Waals surface area contributed by atoms with Crippen LogP contribution >= 0.6 is 0 Å². The second kappa shape index (κ2) is 18.3. The van der Waals surface area contributed by atoms with Gasteiger partial charge in [0.25, 0.3) is 0 Å². The fourth-order valence-corrected chi connectivity index (χ4v) is 4.42. The molecule has 0 heterocycles. The average Bonchev–Trinajstić information content (AvgIpc) is 2.65. The maximum Gasteiger partial charge on any atom is 0.0266 e. The summed E-state index contributed by atoms with van der Waals surface area (Å²) < 4.78 is 0. The Balaban J connectivity index is 1.72. The minimum atomic E-state index is 0.755. The van der Waals surface area contributed by atoms with E-state index in [1.165, 1.54) is 128 Å². The van der Waals surface area contributed by atoms with E-state index < -0.39 is 0 Å². The maximum atomic E-state index is 10.0. The predicted molar refractivity (Wildman–Crippen MR) is 115 cm³/mol. The van der Waals surface area contributed by atoms with Crippen LogP contribution in [0, 0.1) is 5.92 Å². The zero-order valence-electron chi connectivity index (χ0n) is 18.0. The molecule has 1 saturated carbocycles. The lowest BCUT2D eigenvalue weighted by Crippen LogP contribution is -2.28. The molecular weight excluding hydrogens is 318 g/mol. The molecule has 0 radical (unpaired) electrons. The van der Waals surface area contributed by atoms with Gasteiger partial charge >= 0.3 is 0 Å². The van der Waals surface area contributed by atoms with Crippen molar-refractivity contribution in [3.8, 4) is 0 Å². The van der Waals surface area contributed by atoms with Crippen LogP contribution in [0.15, 0.2) is 0 Å². The predicted octanol–water partition coefficient (Wildman–Crippen LogP) is 8.13. The van der Waals surface area contributed by atoms with E-state index >= 15 is 0 Å². The van der Waals surface area contributed by atoms with Crippen LogP contribution in [0.5, 0.6) is 0 Å². The first kappa shape index (κ1) is 24.0. The second-order valence-electron chi connectivity index (χ2n) is 8.87. The van der Waals surface area contributed by atoms with E-state index in [1.807, 2.05) is 0 Å². The van der Waals surface area contributed by atoms with Gasteiger partial charge in [-0.2, -0.15) is 5.06 Å². The highest BCUT2D eigenvalue weighted by molar-refractivity contribution is 4.67. The lowest BCUT2D eigenvalue weighted by Gasteiger charge is -2.25. The molecule has 156 valence electrons. The van der Waals surface area contributed by atoms with Crippen molar-refractivity contribution in [2.24, 2.45) is 5.92 Å². The Morgan fingerprint density at radius 1 is 0.615 bits per heavy atom. The molecule has 26 heavy (non-hydrogen) atoms. The molecule has 0 saturated heterocycles. The van der Waals surface area contributed by atoms with Crippen molar-refractivity contribution in [2.45, 2.75) is 135 Å². The monoisotopic (exact) mass is 367 g/mol. The third-order valence-corrected chi connectivity index (χ3v) is 6.21. The standard InChI is InChI=1S/C24H49NO/c1-2-3-4-5-6-7-8-9-10-11-12-13-14-15-19-22-25(26)23-24-20-17-16-18-21-24/h24,26H,2-23H2,1H3. The quantitative estimate of drug-likeness (QED) is 0.195. The molecule has 1 rings (SSSR count). The Kier molecular flexibility index (Phi) is 16.9. The first-order valence-electron chi connectivity index (χ1n) is 12.3. The van der Waals surface area contributed by atoms with Crippen LogP contribution in [-0.4, -0.2) is 23.4 Å². The van der Waals surface area contributed by atoms with Crippen LogP contribution in [-0.2, 0) is 0 Å². The van der Waals surface area contributed by atoms with Crippen LogP contribution in [0.4, 0.5) is 0 Å². The van der Waals surface area contributed by atoms with Gasteiger partial charge in [-0.3, -0.25) is 0 Å². The Labute approximate surface area is 165 Å². The van der Waals surface area contributed by atoms with Crippen molar-refractivity contribution >= 4 is 0 Å². The Morgan fingerprint density at radius 3 is 1.50 bits per heavy atom. The molecule has 1 aliphatic carbocycles. The SMILES string of the molecule is CCCCCCCCCCCCCCCCCN(O)CC1CCCCC1. The molecule has 0 aliphatic heterocycles. The smallest absolute Gasteiger partial charge is 0.0266 e. The summed E-state index contributed by atoms with van der Waals surface area (Å²) >= 11 is 0. The number of nitrogens with zero attached hydrogens (tertiary/aromatic N) is 1. The zero-order chi connectivity index (χ0) is 18.7. The minimum absolute atomic E-state index is 0.755. The van der Waals surface area contributed by atoms with E-state index in [0.29, 0.717) is 0 Å². The number of hydrogen-bond acceptors (Lipinski definition) is 2. The largest absolute Gasteiger partial charge is 0.314 e. The number of hydroxylamine groups is 2. The highest BCUT2D eigenvalue weighted by Crippen LogP contribution is 2.24. The van der Waals surface area contributed by atoms with Crippen LogP contribution in [0.3, 0.4) is 0 Å². The number of unbranched alkanes of at least 4 members (excludes halogenated alkanes) is 14. The van der Waals surface area contributed by atoms with Crippen molar-refractivity contribution in [3.63, 3.8) is 0 Å². The molecule has 0 spiro atoms. The fraction of sp³-hybridized carbons (Fsp3) is 1.00. The first-order chi connectivity index (χ1) is 12.8. The van der Waals surface area contributed by atoms with Crippen molar-refractivity contribution < 1.29 is 5.21 Å². The van der Waals surface area contributed by atoms with E-state index in [2.05, 4.69) is 6.92 Å². The van der Waals surface area contributed by atoms with E-state index in [1.54, 1.807) is 5.06 Å². The van der Waals surface area contributed by atoms with Gasteiger partial charge in [0.2, 0.25) is 0 Å². The third-order valence-electron chi connectivity index (χ3n) is 6.21. The molecule has 2 heteroatoms. The van der Waals surface area contributed by atoms with Gasteiger partial charge in [0.05, 0.1) is 0 Å². The van der Waals surface area contributed by atoms with Crippen molar-refractivity contribution in [2.75, 3.05) is 13.1 Å². The fourth-order valence-electron chi connectivity index (χ4n) is 4.42. The average molecular weight is 368 g/mol. The number of rotatable bonds is 18. The first-order valence-corrected chi connectivity index (χ1v) is 12.3. The Bertz CT molecular complexity index is 275. The van der Waals surface area contributed by atoms with Crippen LogP contribution in [0.25, 0.3) is 0 Å². The van der Waals surface area contributed by atoms with Gasteiger partial charge in [-0.15, -0.1) is 0 Å². The van der Waals surface area contributed by atoms with Crippen molar-refractivity contribution in [1.82, 2.24) is 5.06 Å². The molecule has 1 aliphatic rings. The molecule has 0 unspecified atom stereocenters. The molecule has 0 amide bonds. The van der Waals surface area contributed by atoms with Gasteiger partial charge in [-0.05, 0) is 25.2 Å². The van der Waals surface area contributed by atoms with Gasteiger partial charge in [0.15, 0.2) is 0 Å². The van der Waals surface area contributed by atoms with Crippen LogP contribution in [0.2, 0.25) is 0 Å². The highest BCUT2D eigenvalue weighted by Gasteiger charge is 2.15. The minimum Gasteiger partial charge on any atom is -0.314 e. The molecule has 1 N–H and O–H groups in total. The summed E-state index contributed by atoms with van der Waals surface area (Å²) in [5.74, 6) is 0.755. The summed E-state index contributed by atoms with van der Waals surface area (Å²) in [4.78, 5) is 0. The molecule has 0 aromatic heterocycles. The van der Waals surface area contributed by atoms with Gasteiger partial charge in [0.1, 0.15) is 0 Å². The zero-order valence-corrected chi connectivity index (χ0v) is 18.0. The molecule has 0 aromatic carbocycles. The highest BCUT2D eigenvalue weighted by atomic mass is 16.5. The molecule has 1 fully saturated rings. The van der Waals surface area contributed by atoms with Crippen molar-refractivity contribution in [1.29, 1.82) is 0 Å². The summed E-state index contributed by atoms with van der Waals surface area (Å²) in [5.41, 5.74) is 0. The summed E-state index contributed by atoms with van der Waals surface area (Å²) in [6.45, 7) is 4.09. The molecular formula is C24H49NO. The van der Waals surface area contributed by atoms with Gasteiger partial charge in [-0.25, -0.2) is 0 Å². The Morgan fingerprint density at radius 2 is 1.04 bits per heavy atom. The van der Waals surface area contributed by atoms with E-state index in [9.17, 15) is 5.21 Å². The van der Waals surface area contributed by atoms with Gasteiger partial charge in [0, 0.05) is 13.1 Å². The van der Waals surface area contributed by atoms with Gasteiger partial charge in [-0.1, -0.05) is 116 Å².